The number of aryl methyl sites for hydroxylation is 1. The van der Waals surface area contributed by atoms with Crippen LogP contribution in [0, 0.1) is 0 Å². The van der Waals surface area contributed by atoms with E-state index in [2.05, 4.69) is 34.6 Å². The number of nitrogens with one attached hydrogen (secondary N) is 1. The molecule has 0 aliphatic heterocycles. The molecule has 31 heavy (non-hydrogen) atoms. The molecule has 4 rings (SSSR count). The van der Waals surface area contributed by atoms with E-state index in [9.17, 15) is 4.79 Å². The van der Waals surface area contributed by atoms with E-state index >= 15 is 0 Å². The summed E-state index contributed by atoms with van der Waals surface area (Å²) in [6, 6.07) is 28.1. The normalized spacial score (nSPS) is 10.7. The van der Waals surface area contributed by atoms with Gasteiger partial charge in [0.05, 0.1) is 5.75 Å². The van der Waals surface area contributed by atoms with Crippen molar-refractivity contribution in [1.82, 2.24) is 14.8 Å². The second-order valence-corrected chi connectivity index (χ2v) is 8.06. The molecule has 3 aromatic carbocycles. The Labute approximate surface area is 186 Å². The van der Waals surface area contributed by atoms with Crippen molar-refractivity contribution < 1.29 is 4.79 Å². The van der Waals surface area contributed by atoms with E-state index in [1.54, 1.807) is 0 Å². The first-order chi connectivity index (χ1) is 15.2. The van der Waals surface area contributed by atoms with Crippen molar-refractivity contribution in [3.8, 4) is 5.69 Å². The van der Waals surface area contributed by atoms with Crippen molar-refractivity contribution in [3.05, 3.63) is 102 Å². The number of rotatable bonds is 8. The molecule has 6 heteroatoms. The maximum Gasteiger partial charge on any atom is 0.234 e. The van der Waals surface area contributed by atoms with Crippen molar-refractivity contribution >= 4 is 23.4 Å². The summed E-state index contributed by atoms with van der Waals surface area (Å²) in [6.45, 7) is 2.11. The first kappa shape index (κ1) is 20.9. The molecule has 1 amide bonds. The van der Waals surface area contributed by atoms with Gasteiger partial charge < -0.3 is 5.32 Å². The minimum atomic E-state index is -0.0681. The van der Waals surface area contributed by atoms with Crippen LogP contribution < -0.4 is 5.32 Å². The standard InChI is InChI=1S/C25H24N4OS/c1-2-19-13-15-21(16-14-19)26-24(30)18-31-25-28-27-23(17-20-9-5-3-6-10-20)29(25)22-11-7-4-8-12-22/h3-16H,2,17-18H2,1H3,(H,26,30). The summed E-state index contributed by atoms with van der Waals surface area (Å²) in [5.41, 5.74) is 4.19. The highest BCUT2D eigenvalue weighted by Gasteiger charge is 2.16. The molecular weight excluding hydrogens is 404 g/mol. The van der Waals surface area contributed by atoms with Crippen LogP contribution in [0.5, 0.6) is 0 Å². The fourth-order valence-corrected chi connectivity index (χ4v) is 4.04. The maximum atomic E-state index is 12.5. The maximum absolute atomic E-state index is 12.5. The van der Waals surface area contributed by atoms with Crippen LogP contribution in [-0.4, -0.2) is 26.4 Å². The second-order valence-electron chi connectivity index (χ2n) is 7.12. The number of benzene rings is 3. The smallest absolute Gasteiger partial charge is 0.234 e. The highest BCUT2D eigenvalue weighted by Crippen LogP contribution is 2.24. The molecular formula is C25H24N4OS. The van der Waals surface area contributed by atoms with Crippen molar-refractivity contribution in [1.29, 1.82) is 0 Å². The Kier molecular flexibility index (Phi) is 6.79. The summed E-state index contributed by atoms with van der Waals surface area (Å²) in [6.07, 6.45) is 1.64. The number of hydrogen-bond acceptors (Lipinski definition) is 4. The number of para-hydroxylation sites is 1. The van der Waals surface area contributed by atoms with E-state index in [-0.39, 0.29) is 11.7 Å². The Hall–Kier alpha value is -3.38. The van der Waals surface area contributed by atoms with Crippen molar-refractivity contribution in [3.63, 3.8) is 0 Å². The van der Waals surface area contributed by atoms with Gasteiger partial charge in [-0.3, -0.25) is 9.36 Å². The number of nitrogens with zero attached hydrogens (tertiary/aromatic N) is 3. The summed E-state index contributed by atoms with van der Waals surface area (Å²) in [5.74, 6) is 1.03. The van der Waals surface area contributed by atoms with Crippen molar-refractivity contribution in [2.24, 2.45) is 0 Å². The predicted molar refractivity (Wildman–Crippen MR) is 126 cm³/mol. The fourth-order valence-electron chi connectivity index (χ4n) is 3.27. The largest absolute Gasteiger partial charge is 0.325 e. The van der Waals surface area contributed by atoms with E-state index < -0.39 is 0 Å². The Morgan fingerprint density at radius 2 is 1.55 bits per heavy atom. The SMILES string of the molecule is CCc1ccc(NC(=O)CSc2nnc(Cc3ccccc3)n2-c2ccccc2)cc1. The Morgan fingerprint density at radius 1 is 0.871 bits per heavy atom. The summed E-state index contributed by atoms with van der Waals surface area (Å²) in [5, 5.41) is 12.5. The highest BCUT2D eigenvalue weighted by molar-refractivity contribution is 7.99. The summed E-state index contributed by atoms with van der Waals surface area (Å²) in [4.78, 5) is 12.5. The van der Waals surface area contributed by atoms with Crippen LogP contribution in [-0.2, 0) is 17.6 Å². The third-order valence-corrected chi connectivity index (χ3v) is 5.83. The molecule has 1 N–H and O–H groups in total. The molecule has 0 saturated heterocycles. The van der Waals surface area contributed by atoms with Gasteiger partial charge in [-0.25, -0.2) is 0 Å². The molecule has 4 aromatic rings. The molecule has 0 fully saturated rings. The number of hydrogen-bond donors (Lipinski definition) is 1. The molecule has 156 valence electrons. The fraction of sp³-hybridized carbons (Fsp3) is 0.160. The van der Waals surface area contributed by atoms with Crippen LogP contribution in [0.15, 0.2) is 90.1 Å². The van der Waals surface area contributed by atoms with Crippen molar-refractivity contribution in [2.45, 2.75) is 24.9 Å². The number of carbonyl (C=O) groups excluding carboxylic acids is 1. The monoisotopic (exact) mass is 428 g/mol. The molecule has 1 aromatic heterocycles. The average Bonchev–Trinajstić information content (AvgIpc) is 3.22. The Balaban J connectivity index is 1.50. The Morgan fingerprint density at radius 3 is 2.23 bits per heavy atom. The van der Waals surface area contributed by atoms with E-state index in [4.69, 9.17) is 0 Å². The number of aromatic nitrogens is 3. The van der Waals surface area contributed by atoms with Gasteiger partial charge in [0, 0.05) is 17.8 Å². The zero-order valence-electron chi connectivity index (χ0n) is 17.4. The minimum Gasteiger partial charge on any atom is -0.325 e. The lowest BCUT2D eigenvalue weighted by Crippen LogP contribution is -2.14. The van der Waals surface area contributed by atoms with Crippen LogP contribution >= 0.6 is 11.8 Å². The van der Waals surface area contributed by atoms with Gasteiger partial charge in [-0.15, -0.1) is 10.2 Å². The van der Waals surface area contributed by atoms with Crippen LogP contribution in [0.3, 0.4) is 0 Å². The average molecular weight is 429 g/mol. The molecule has 0 radical (unpaired) electrons. The van der Waals surface area contributed by atoms with E-state index in [1.165, 1.54) is 17.3 Å². The van der Waals surface area contributed by atoms with E-state index in [1.807, 2.05) is 77.4 Å². The number of thioether (sulfide) groups is 1. The molecule has 5 nitrogen and oxygen atoms in total. The van der Waals surface area contributed by atoms with Gasteiger partial charge in [0.15, 0.2) is 5.16 Å². The van der Waals surface area contributed by atoms with Crippen LogP contribution in [0.25, 0.3) is 5.69 Å². The van der Waals surface area contributed by atoms with Crippen LogP contribution in [0.1, 0.15) is 23.9 Å². The van der Waals surface area contributed by atoms with Gasteiger partial charge in [-0.2, -0.15) is 0 Å². The summed E-state index contributed by atoms with van der Waals surface area (Å²) >= 11 is 1.39. The third-order valence-electron chi connectivity index (χ3n) is 4.90. The topological polar surface area (TPSA) is 59.8 Å². The molecule has 1 heterocycles. The molecule has 0 aliphatic carbocycles. The molecule has 0 saturated carbocycles. The summed E-state index contributed by atoms with van der Waals surface area (Å²) < 4.78 is 2.03. The third kappa shape index (κ3) is 5.41. The Bertz CT molecular complexity index is 1130. The predicted octanol–water partition coefficient (Wildman–Crippen LogP) is 5.15. The van der Waals surface area contributed by atoms with Gasteiger partial charge >= 0.3 is 0 Å². The van der Waals surface area contributed by atoms with Gasteiger partial charge in [0.25, 0.3) is 0 Å². The molecule has 0 unspecified atom stereocenters. The lowest BCUT2D eigenvalue weighted by atomic mass is 10.1. The zero-order chi connectivity index (χ0) is 21.5. The van der Waals surface area contributed by atoms with Crippen LogP contribution in [0.4, 0.5) is 5.69 Å². The number of anilines is 1. The van der Waals surface area contributed by atoms with E-state index in [0.717, 1.165) is 29.2 Å². The number of carbonyl (C=O) groups is 1. The van der Waals surface area contributed by atoms with Crippen LogP contribution in [0.2, 0.25) is 0 Å². The second kappa shape index (κ2) is 10.1. The first-order valence-electron chi connectivity index (χ1n) is 10.3. The van der Waals surface area contributed by atoms with Gasteiger partial charge in [-0.05, 0) is 41.8 Å². The van der Waals surface area contributed by atoms with Gasteiger partial charge in [-0.1, -0.05) is 79.3 Å². The zero-order valence-corrected chi connectivity index (χ0v) is 18.2. The quantitative estimate of drug-likeness (QED) is 0.394. The van der Waals surface area contributed by atoms with Gasteiger partial charge in [0.2, 0.25) is 5.91 Å². The molecule has 0 spiro atoms. The minimum absolute atomic E-state index is 0.0681. The lowest BCUT2D eigenvalue weighted by Gasteiger charge is -2.10. The highest BCUT2D eigenvalue weighted by atomic mass is 32.2. The van der Waals surface area contributed by atoms with Gasteiger partial charge in [0.1, 0.15) is 5.82 Å². The molecule has 0 atom stereocenters. The van der Waals surface area contributed by atoms with E-state index in [0.29, 0.717) is 11.6 Å². The molecule has 0 aliphatic rings. The molecule has 0 bridgehead atoms. The first-order valence-corrected chi connectivity index (χ1v) is 11.3. The van der Waals surface area contributed by atoms with Crippen molar-refractivity contribution in [2.75, 3.05) is 11.1 Å². The lowest BCUT2D eigenvalue weighted by molar-refractivity contribution is -0.113. The summed E-state index contributed by atoms with van der Waals surface area (Å²) in [7, 11) is 0. The number of amides is 1.